The fourth-order valence-electron chi connectivity index (χ4n) is 2.62. The highest BCUT2D eigenvalue weighted by molar-refractivity contribution is 5.81. The highest BCUT2D eigenvalue weighted by Gasteiger charge is 2.12. The highest BCUT2D eigenvalue weighted by atomic mass is 16.5. The van der Waals surface area contributed by atoms with Crippen LogP contribution in [0.5, 0.6) is 28.7 Å². The fourth-order valence-corrected chi connectivity index (χ4v) is 2.62. The molecular formula is C24H32O7. The Balaban J connectivity index is 0.000000316. The van der Waals surface area contributed by atoms with E-state index >= 15 is 0 Å². The Morgan fingerprint density at radius 3 is 1.48 bits per heavy atom. The highest BCUT2D eigenvalue weighted by Crippen LogP contribution is 2.34. The predicted octanol–water partition coefficient (Wildman–Crippen LogP) is 4.99. The van der Waals surface area contributed by atoms with Crippen molar-refractivity contribution in [1.29, 1.82) is 0 Å². The molecule has 0 aliphatic heterocycles. The summed E-state index contributed by atoms with van der Waals surface area (Å²) in [6.07, 6.45) is 1.53. The molecule has 0 aliphatic rings. The van der Waals surface area contributed by atoms with Gasteiger partial charge in [0.1, 0.15) is 17.2 Å². The van der Waals surface area contributed by atoms with Gasteiger partial charge in [0, 0.05) is 12.1 Å². The molecule has 0 saturated heterocycles. The summed E-state index contributed by atoms with van der Waals surface area (Å²) >= 11 is 0. The Kier molecular flexibility index (Phi) is 12.3. The van der Waals surface area contributed by atoms with E-state index in [2.05, 4.69) is 0 Å². The molecule has 0 amide bonds. The van der Waals surface area contributed by atoms with Crippen molar-refractivity contribution < 1.29 is 33.3 Å². The van der Waals surface area contributed by atoms with Crippen LogP contribution >= 0.6 is 0 Å². The van der Waals surface area contributed by atoms with Gasteiger partial charge in [0.25, 0.3) is 0 Å². The molecule has 0 aromatic heterocycles. The predicted molar refractivity (Wildman–Crippen MR) is 120 cm³/mol. The van der Waals surface area contributed by atoms with Crippen LogP contribution in [0.2, 0.25) is 0 Å². The van der Waals surface area contributed by atoms with Crippen molar-refractivity contribution in [3.8, 4) is 28.7 Å². The van der Waals surface area contributed by atoms with E-state index in [1.807, 2.05) is 34.6 Å². The molecule has 7 nitrogen and oxygen atoms in total. The van der Waals surface area contributed by atoms with Crippen LogP contribution in [0.4, 0.5) is 0 Å². The Bertz CT molecular complexity index is 818. The smallest absolute Gasteiger partial charge is 0.164 e. The lowest BCUT2D eigenvalue weighted by molar-refractivity contribution is 0.111. The molecule has 0 radical (unpaired) electrons. The summed E-state index contributed by atoms with van der Waals surface area (Å²) in [6, 6.07) is 8.53. The Labute approximate surface area is 184 Å². The molecule has 0 aliphatic carbocycles. The summed E-state index contributed by atoms with van der Waals surface area (Å²) in [5.74, 6) is 2.99. The first-order valence-electron chi connectivity index (χ1n) is 10.4. The number of rotatable bonds is 12. The minimum Gasteiger partial charge on any atom is -0.494 e. The molecule has 0 saturated carbocycles. The van der Waals surface area contributed by atoms with Crippen LogP contribution in [-0.2, 0) is 0 Å². The van der Waals surface area contributed by atoms with Crippen molar-refractivity contribution in [2.45, 2.75) is 34.6 Å². The number of carbonyl (C=O) groups is 2. The van der Waals surface area contributed by atoms with Crippen LogP contribution in [-0.4, -0.2) is 45.6 Å². The lowest BCUT2D eigenvalue weighted by Crippen LogP contribution is -2.02. The summed E-state index contributed by atoms with van der Waals surface area (Å²) in [6.45, 7) is 12.1. The Hall–Kier alpha value is -3.22. The third kappa shape index (κ3) is 8.20. The minimum atomic E-state index is 0.471. The van der Waals surface area contributed by atoms with Crippen molar-refractivity contribution in [1.82, 2.24) is 0 Å². The van der Waals surface area contributed by atoms with Gasteiger partial charge in [-0.2, -0.15) is 0 Å². The van der Waals surface area contributed by atoms with E-state index in [1.54, 1.807) is 30.3 Å². The van der Waals surface area contributed by atoms with E-state index in [1.165, 1.54) is 0 Å². The van der Waals surface area contributed by atoms with Crippen molar-refractivity contribution in [2.24, 2.45) is 0 Å². The molecule has 0 heterocycles. The van der Waals surface area contributed by atoms with Crippen LogP contribution in [0.25, 0.3) is 0 Å². The number of carbonyl (C=O) groups excluding carboxylic acids is 2. The molecule has 170 valence electrons. The summed E-state index contributed by atoms with van der Waals surface area (Å²) in [4.78, 5) is 21.6. The number of benzene rings is 2. The summed E-state index contributed by atoms with van der Waals surface area (Å²) in [7, 11) is 0. The van der Waals surface area contributed by atoms with Gasteiger partial charge in [0.2, 0.25) is 0 Å². The molecular weight excluding hydrogens is 400 g/mol. The average molecular weight is 433 g/mol. The second kappa shape index (κ2) is 14.7. The number of aldehydes is 2. The van der Waals surface area contributed by atoms with Crippen molar-refractivity contribution >= 4 is 12.6 Å². The normalized spacial score (nSPS) is 9.71. The number of hydrogen-bond acceptors (Lipinski definition) is 7. The van der Waals surface area contributed by atoms with Crippen molar-refractivity contribution in [2.75, 3.05) is 33.0 Å². The van der Waals surface area contributed by atoms with Gasteiger partial charge in [-0.15, -0.1) is 0 Å². The third-order valence-corrected chi connectivity index (χ3v) is 3.83. The molecule has 0 bridgehead atoms. The Morgan fingerprint density at radius 1 is 0.548 bits per heavy atom. The molecule has 0 fully saturated rings. The standard InChI is InChI=1S/C13H18O4.C11H14O3/c1-4-15-11-8-13(17-6-3)12(16-5-2)7-10(11)9-14;1-3-13-10-6-5-9(8-12)11(7-10)14-4-2/h7-9H,4-6H2,1-3H3;5-8H,3-4H2,1-2H3. The molecule has 31 heavy (non-hydrogen) atoms. The average Bonchev–Trinajstić information content (AvgIpc) is 2.77. The van der Waals surface area contributed by atoms with E-state index in [0.29, 0.717) is 67.2 Å². The maximum Gasteiger partial charge on any atom is 0.164 e. The summed E-state index contributed by atoms with van der Waals surface area (Å²) in [5.41, 5.74) is 1.02. The molecule has 0 unspecified atom stereocenters. The van der Waals surface area contributed by atoms with Crippen LogP contribution in [0.1, 0.15) is 55.3 Å². The zero-order valence-corrected chi connectivity index (χ0v) is 18.9. The lowest BCUT2D eigenvalue weighted by atomic mass is 10.2. The molecule has 0 spiro atoms. The van der Waals surface area contributed by atoms with Gasteiger partial charge in [0.15, 0.2) is 24.1 Å². The van der Waals surface area contributed by atoms with Gasteiger partial charge in [-0.3, -0.25) is 9.59 Å². The van der Waals surface area contributed by atoms with Crippen molar-refractivity contribution in [3.63, 3.8) is 0 Å². The molecule has 2 aromatic rings. The van der Waals surface area contributed by atoms with Crippen molar-refractivity contribution in [3.05, 3.63) is 41.5 Å². The van der Waals surface area contributed by atoms with Crippen LogP contribution in [0, 0.1) is 0 Å². The zero-order valence-electron chi connectivity index (χ0n) is 18.9. The monoisotopic (exact) mass is 432 g/mol. The third-order valence-electron chi connectivity index (χ3n) is 3.83. The van der Waals surface area contributed by atoms with E-state index in [0.717, 1.165) is 18.3 Å². The zero-order chi connectivity index (χ0) is 23.1. The minimum absolute atomic E-state index is 0.471. The first kappa shape index (κ1) is 25.8. The molecule has 0 atom stereocenters. The van der Waals surface area contributed by atoms with E-state index in [4.69, 9.17) is 23.7 Å². The maximum absolute atomic E-state index is 11.0. The summed E-state index contributed by atoms with van der Waals surface area (Å²) < 4.78 is 26.9. The first-order chi connectivity index (χ1) is 15.1. The van der Waals surface area contributed by atoms with Gasteiger partial charge in [-0.1, -0.05) is 0 Å². The largest absolute Gasteiger partial charge is 0.494 e. The maximum atomic E-state index is 11.0. The SMILES string of the molecule is CCOc1cc(OCC)c(OCC)cc1C=O.CCOc1ccc(C=O)c(OCC)c1. The first-order valence-corrected chi connectivity index (χ1v) is 10.4. The van der Waals surface area contributed by atoms with Crippen LogP contribution in [0.15, 0.2) is 30.3 Å². The topological polar surface area (TPSA) is 80.3 Å². The van der Waals surface area contributed by atoms with Crippen LogP contribution < -0.4 is 23.7 Å². The van der Waals surface area contributed by atoms with E-state index < -0.39 is 0 Å². The quantitative estimate of drug-likeness (QED) is 0.437. The second-order valence-electron chi connectivity index (χ2n) is 5.94. The van der Waals surface area contributed by atoms with E-state index in [-0.39, 0.29) is 0 Å². The Morgan fingerprint density at radius 2 is 1.00 bits per heavy atom. The van der Waals surface area contributed by atoms with Gasteiger partial charge in [-0.05, 0) is 52.8 Å². The van der Waals surface area contributed by atoms with Gasteiger partial charge >= 0.3 is 0 Å². The number of ether oxygens (including phenoxy) is 5. The lowest BCUT2D eigenvalue weighted by Gasteiger charge is -2.14. The fraction of sp³-hybridized carbons (Fsp3) is 0.417. The van der Waals surface area contributed by atoms with Gasteiger partial charge in [0.05, 0.1) is 44.2 Å². The van der Waals surface area contributed by atoms with Crippen LogP contribution in [0.3, 0.4) is 0 Å². The van der Waals surface area contributed by atoms with Gasteiger partial charge in [-0.25, -0.2) is 0 Å². The van der Waals surface area contributed by atoms with Gasteiger partial charge < -0.3 is 23.7 Å². The molecule has 0 N–H and O–H groups in total. The molecule has 2 rings (SSSR count). The summed E-state index contributed by atoms with van der Waals surface area (Å²) in [5, 5.41) is 0. The molecule has 7 heteroatoms. The number of hydrogen-bond donors (Lipinski definition) is 0. The van der Waals surface area contributed by atoms with E-state index in [9.17, 15) is 9.59 Å². The molecule has 2 aromatic carbocycles. The second-order valence-corrected chi connectivity index (χ2v) is 5.94.